The summed E-state index contributed by atoms with van der Waals surface area (Å²) in [6.07, 6.45) is 3.96. The quantitative estimate of drug-likeness (QED) is 0.608. The number of nitrogens with one attached hydrogen (secondary N) is 1. The van der Waals surface area contributed by atoms with E-state index in [1.54, 1.807) is 0 Å². The third kappa shape index (κ3) is 8.63. The van der Waals surface area contributed by atoms with E-state index >= 15 is 0 Å². The van der Waals surface area contributed by atoms with Gasteiger partial charge < -0.3 is 5.32 Å². The summed E-state index contributed by atoms with van der Waals surface area (Å²) in [6.45, 7) is 10.1. The summed E-state index contributed by atoms with van der Waals surface area (Å²) < 4.78 is 0. The minimum Gasteiger partial charge on any atom is -0.314 e. The molecule has 0 bridgehead atoms. The molecule has 0 aliphatic carbocycles. The van der Waals surface area contributed by atoms with E-state index in [0.29, 0.717) is 0 Å². The van der Waals surface area contributed by atoms with E-state index in [-0.39, 0.29) is 0 Å². The summed E-state index contributed by atoms with van der Waals surface area (Å²) >= 11 is 2.07. The average Bonchev–Trinajstić information content (AvgIpc) is 2.10. The Kier molecular flexibility index (Phi) is 9.10. The second-order valence-electron chi connectivity index (χ2n) is 3.72. The van der Waals surface area contributed by atoms with E-state index in [0.717, 1.165) is 17.8 Å². The molecule has 0 fully saturated rings. The number of rotatable bonds is 8. The Morgan fingerprint density at radius 1 is 1.23 bits per heavy atom. The summed E-state index contributed by atoms with van der Waals surface area (Å²) in [6, 6.07) is 0.748. The first-order valence-corrected chi connectivity index (χ1v) is 6.60. The SMILES string of the molecule is CCNC(CC)CCCSC(C)C. The normalized spacial score (nSPS) is 13.6. The predicted molar refractivity (Wildman–Crippen MR) is 64.6 cm³/mol. The van der Waals surface area contributed by atoms with Crippen molar-refractivity contribution in [2.45, 2.75) is 58.2 Å². The molecule has 0 rings (SSSR count). The highest BCUT2D eigenvalue weighted by Crippen LogP contribution is 2.13. The lowest BCUT2D eigenvalue weighted by atomic mass is 10.1. The van der Waals surface area contributed by atoms with Crippen LogP contribution in [0.4, 0.5) is 0 Å². The molecule has 1 N–H and O–H groups in total. The minimum absolute atomic E-state index is 0.748. The van der Waals surface area contributed by atoms with Crippen LogP contribution in [0.3, 0.4) is 0 Å². The maximum absolute atomic E-state index is 3.51. The number of hydrogen-bond donors (Lipinski definition) is 1. The van der Waals surface area contributed by atoms with Crippen LogP contribution in [0.1, 0.15) is 47.0 Å². The van der Waals surface area contributed by atoms with Gasteiger partial charge in [0.1, 0.15) is 0 Å². The van der Waals surface area contributed by atoms with E-state index in [9.17, 15) is 0 Å². The van der Waals surface area contributed by atoms with Crippen molar-refractivity contribution in [2.24, 2.45) is 0 Å². The molecule has 0 aromatic rings. The molecule has 0 radical (unpaired) electrons. The van der Waals surface area contributed by atoms with Gasteiger partial charge in [0.15, 0.2) is 0 Å². The molecule has 0 heterocycles. The molecule has 0 amide bonds. The third-order valence-electron chi connectivity index (χ3n) is 2.13. The minimum atomic E-state index is 0.748. The van der Waals surface area contributed by atoms with E-state index in [1.165, 1.54) is 25.0 Å². The topological polar surface area (TPSA) is 12.0 Å². The summed E-state index contributed by atoms with van der Waals surface area (Å²) in [4.78, 5) is 0. The highest BCUT2D eigenvalue weighted by molar-refractivity contribution is 7.99. The molecule has 2 heteroatoms. The van der Waals surface area contributed by atoms with Gasteiger partial charge in [-0.1, -0.05) is 27.7 Å². The molecule has 0 saturated carbocycles. The highest BCUT2D eigenvalue weighted by atomic mass is 32.2. The van der Waals surface area contributed by atoms with Crippen LogP contribution in [0, 0.1) is 0 Å². The lowest BCUT2D eigenvalue weighted by Crippen LogP contribution is -2.28. The van der Waals surface area contributed by atoms with Crippen LogP contribution in [0.5, 0.6) is 0 Å². The number of thioether (sulfide) groups is 1. The zero-order valence-corrected chi connectivity index (χ0v) is 10.4. The van der Waals surface area contributed by atoms with Gasteiger partial charge in [0.05, 0.1) is 0 Å². The van der Waals surface area contributed by atoms with E-state index in [2.05, 4.69) is 44.8 Å². The average molecular weight is 203 g/mol. The molecule has 1 unspecified atom stereocenters. The zero-order chi connectivity index (χ0) is 10.1. The summed E-state index contributed by atoms with van der Waals surface area (Å²) in [5, 5.41) is 4.30. The maximum Gasteiger partial charge on any atom is 0.00646 e. The second-order valence-corrected chi connectivity index (χ2v) is 5.41. The fourth-order valence-corrected chi connectivity index (χ4v) is 2.19. The standard InChI is InChI=1S/C11H25NS/c1-5-11(12-6-2)8-7-9-13-10(3)4/h10-12H,5-9H2,1-4H3. The molecule has 80 valence electrons. The Balaban J connectivity index is 3.27. The van der Waals surface area contributed by atoms with Gasteiger partial charge in [-0.2, -0.15) is 11.8 Å². The van der Waals surface area contributed by atoms with Gasteiger partial charge in [-0.3, -0.25) is 0 Å². The Morgan fingerprint density at radius 3 is 2.38 bits per heavy atom. The van der Waals surface area contributed by atoms with E-state index in [4.69, 9.17) is 0 Å². The smallest absolute Gasteiger partial charge is 0.00646 e. The van der Waals surface area contributed by atoms with Gasteiger partial charge in [0, 0.05) is 6.04 Å². The fourth-order valence-electron chi connectivity index (χ4n) is 1.39. The Hall–Kier alpha value is 0.310. The Labute approximate surface area is 88.1 Å². The monoisotopic (exact) mass is 203 g/mol. The molecular weight excluding hydrogens is 178 g/mol. The molecular formula is C11H25NS. The van der Waals surface area contributed by atoms with Crippen molar-refractivity contribution in [3.8, 4) is 0 Å². The molecule has 0 aromatic heterocycles. The second kappa shape index (κ2) is 8.89. The van der Waals surface area contributed by atoms with Crippen molar-refractivity contribution < 1.29 is 0 Å². The first kappa shape index (κ1) is 13.3. The van der Waals surface area contributed by atoms with Crippen LogP contribution in [-0.2, 0) is 0 Å². The van der Waals surface area contributed by atoms with Crippen LogP contribution in [-0.4, -0.2) is 23.6 Å². The molecule has 1 nitrogen and oxygen atoms in total. The lowest BCUT2D eigenvalue weighted by Gasteiger charge is -2.15. The molecule has 1 atom stereocenters. The van der Waals surface area contributed by atoms with Gasteiger partial charge in [0.25, 0.3) is 0 Å². The van der Waals surface area contributed by atoms with Crippen molar-refractivity contribution in [3.05, 3.63) is 0 Å². The summed E-state index contributed by atoms with van der Waals surface area (Å²) in [5.74, 6) is 1.32. The van der Waals surface area contributed by atoms with Crippen molar-refractivity contribution >= 4 is 11.8 Å². The van der Waals surface area contributed by atoms with Crippen LogP contribution in [0.2, 0.25) is 0 Å². The van der Waals surface area contributed by atoms with E-state index < -0.39 is 0 Å². The molecule has 0 aromatic carbocycles. The van der Waals surface area contributed by atoms with Gasteiger partial charge in [-0.25, -0.2) is 0 Å². The predicted octanol–water partition coefficient (Wildman–Crippen LogP) is 3.30. The zero-order valence-electron chi connectivity index (χ0n) is 9.60. The van der Waals surface area contributed by atoms with E-state index in [1.807, 2.05) is 0 Å². The fraction of sp³-hybridized carbons (Fsp3) is 1.00. The van der Waals surface area contributed by atoms with Crippen LogP contribution >= 0.6 is 11.8 Å². The molecule has 0 aliphatic heterocycles. The maximum atomic E-state index is 3.51. The van der Waals surface area contributed by atoms with Crippen molar-refractivity contribution in [1.29, 1.82) is 0 Å². The summed E-state index contributed by atoms with van der Waals surface area (Å²) in [5.41, 5.74) is 0. The van der Waals surface area contributed by atoms with Crippen molar-refractivity contribution in [1.82, 2.24) is 5.32 Å². The van der Waals surface area contributed by atoms with Gasteiger partial charge >= 0.3 is 0 Å². The molecule has 0 aliphatic rings. The van der Waals surface area contributed by atoms with Crippen LogP contribution < -0.4 is 5.32 Å². The van der Waals surface area contributed by atoms with Gasteiger partial charge in [-0.05, 0) is 36.8 Å². The van der Waals surface area contributed by atoms with Crippen molar-refractivity contribution in [3.63, 3.8) is 0 Å². The van der Waals surface area contributed by atoms with Crippen molar-refractivity contribution in [2.75, 3.05) is 12.3 Å². The largest absolute Gasteiger partial charge is 0.314 e. The Bertz CT molecular complexity index is 104. The van der Waals surface area contributed by atoms with Crippen LogP contribution in [0.25, 0.3) is 0 Å². The molecule has 0 saturated heterocycles. The number of hydrogen-bond acceptors (Lipinski definition) is 2. The molecule has 0 spiro atoms. The highest BCUT2D eigenvalue weighted by Gasteiger charge is 2.03. The van der Waals surface area contributed by atoms with Gasteiger partial charge in [-0.15, -0.1) is 0 Å². The molecule has 13 heavy (non-hydrogen) atoms. The van der Waals surface area contributed by atoms with Gasteiger partial charge in [0.2, 0.25) is 0 Å². The first-order chi connectivity index (χ1) is 6.20. The Morgan fingerprint density at radius 2 is 1.92 bits per heavy atom. The summed E-state index contributed by atoms with van der Waals surface area (Å²) in [7, 11) is 0. The lowest BCUT2D eigenvalue weighted by molar-refractivity contribution is 0.477. The van der Waals surface area contributed by atoms with Crippen LogP contribution in [0.15, 0.2) is 0 Å². The third-order valence-corrected chi connectivity index (χ3v) is 3.32. The first-order valence-electron chi connectivity index (χ1n) is 5.55.